The van der Waals surface area contributed by atoms with E-state index in [0.717, 1.165) is 17.9 Å². The number of benzene rings is 2. The number of hydrogen-bond donors (Lipinski definition) is 1. The molecule has 1 atom stereocenters. The predicted molar refractivity (Wildman–Crippen MR) is 92.3 cm³/mol. The van der Waals surface area contributed by atoms with E-state index in [1.165, 1.54) is 27.8 Å². The monoisotopic (exact) mass is 301 g/mol. The zero-order valence-electron chi connectivity index (χ0n) is 13.3. The standard InChI is InChI=1S/C19H24ClN/c1-5-14-7-8-16(12-15(14)6-2)19(21-4)18-10-9-17(20)11-13(18)3/h7-12,19,21H,5-6H2,1-4H3. The van der Waals surface area contributed by atoms with Crippen molar-refractivity contribution in [2.24, 2.45) is 0 Å². The largest absolute Gasteiger partial charge is 0.309 e. The second-order valence-corrected chi connectivity index (χ2v) is 5.89. The van der Waals surface area contributed by atoms with Gasteiger partial charge in [0, 0.05) is 5.02 Å². The molecule has 0 aromatic heterocycles. The maximum Gasteiger partial charge on any atom is 0.0577 e. The van der Waals surface area contributed by atoms with Crippen LogP contribution in [0.5, 0.6) is 0 Å². The van der Waals surface area contributed by atoms with Crippen LogP contribution in [-0.2, 0) is 12.8 Å². The molecule has 0 aliphatic carbocycles. The van der Waals surface area contributed by atoms with Crippen molar-refractivity contribution in [3.05, 3.63) is 69.2 Å². The SMILES string of the molecule is CCc1ccc(C(NC)c2ccc(Cl)cc2C)cc1CC. The van der Waals surface area contributed by atoms with Crippen LogP contribution in [0, 0.1) is 6.92 Å². The number of nitrogens with one attached hydrogen (secondary N) is 1. The summed E-state index contributed by atoms with van der Waals surface area (Å²) in [7, 11) is 2.01. The Kier molecular flexibility index (Phi) is 5.44. The van der Waals surface area contributed by atoms with Gasteiger partial charge in [-0.05, 0) is 66.8 Å². The van der Waals surface area contributed by atoms with Gasteiger partial charge in [-0.3, -0.25) is 0 Å². The number of aryl methyl sites for hydroxylation is 3. The van der Waals surface area contributed by atoms with E-state index >= 15 is 0 Å². The first kappa shape index (κ1) is 16.1. The van der Waals surface area contributed by atoms with Gasteiger partial charge in [0.25, 0.3) is 0 Å². The van der Waals surface area contributed by atoms with E-state index in [-0.39, 0.29) is 6.04 Å². The van der Waals surface area contributed by atoms with Crippen molar-refractivity contribution < 1.29 is 0 Å². The molecule has 2 heteroatoms. The second-order valence-electron chi connectivity index (χ2n) is 5.46. The fourth-order valence-electron chi connectivity index (χ4n) is 2.96. The van der Waals surface area contributed by atoms with E-state index in [1.807, 2.05) is 19.2 Å². The fraction of sp³-hybridized carbons (Fsp3) is 0.368. The van der Waals surface area contributed by atoms with Gasteiger partial charge in [0.1, 0.15) is 0 Å². The lowest BCUT2D eigenvalue weighted by molar-refractivity contribution is 0.686. The first-order valence-corrected chi connectivity index (χ1v) is 8.03. The first-order valence-electron chi connectivity index (χ1n) is 7.65. The Bertz CT molecular complexity index is 619. The lowest BCUT2D eigenvalue weighted by atomic mass is 9.91. The highest BCUT2D eigenvalue weighted by atomic mass is 35.5. The van der Waals surface area contributed by atoms with Crippen molar-refractivity contribution in [3.63, 3.8) is 0 Å². The topological polar surface area (TPSA) is 12.0 Å². The third kappa shape index (κ3) is 3.48. The van der Waals surface area contributed by atoms with Crippen LogP contribution in [0.4, 0.5) is 0 Å². The van der Waals surface area contributed by atoms with Crippen molar-refractivity contribution in [3.8, 4) is 0 Å². The van der Waals surface area contributed by atoms with Gasteiger partial charge in [0.15, 0.2) is 0 Å². The van der Waals surface area contributed by atoms with Gasteiger partial charge in [0.2, 0.25) is 0 Å². The smallest absolute Gasteiger partial charge is 0.0577 e. The fourth-order valence-corrected chi connectivity index (χ4v) is 3.19. The zero-order valence-corrected chi connectivity index (χ0v) is 14.1. The average molecular weight is 302 g/mol. The summed E-state index contributed by atoms with van der Waals surface area (Å²) in [6.07, 6.45) is 2.17. The van der Waals surface area contributed by atoms with Crippen LogP contribution < -0.4 is 5.32 Å². The van der Waals surface area contributed by atoms with Gasteiger partial charge >= 0.3 is 0 Å². The second kappa shape index (κ2) is 7.11. The zero-order chi connectivity index (χ0) is 15.4. The highest BCUT2D eigenvalue weighted by Crippen LogP contribution is 2.28. The summed E-state index contributed by atoms with van der Waals surface area (Å²) in [5.41, 5.74) is 6.72. The van der Waals surface area contributed by atoms with Gasteiger partial charge in [-0.15, -0.1) is 0 Å². The van der Waals surface area contributed by atoms with E-state index in [0.29, 0.717) is 0 Å². The van der Waals surface area contributed by atoms with Crippen molar-refractivity contribution in [2.75, 3.05) is 7.05 Å². The minimum atomic E-state index is 0.207. The molecule has 0 heterocycles. The molecule has 0 fully saturated rings. The summed E-state index contributed by atoms with van der Waals surface area (Å²) in [4.78, 5) is 0. The summed E-state index contributed by atoms with van der Waals surface area (Å²) in [6.45, 7) is 6.56. The summed E-state index contributed by atoms with van der Waals surface area (Å²) in [5.74, 6) is 0. The van der Waals surface area contributed by atoms with E-state index in [9.17, 15) is 0 Å². The molecule has 0 aliphatic heterocycles. The molecule has 0 radical (unpaired) electrons. The van der Waals surface area contributed by atoms with Gasteiger partial charge < -0.3 is 5.32 Å². The molecule has 2 aromatic carbocycles. The number of rotatable bonds is 5. The van der Waals surface area contributed by atoms with Crippen molar-refractivity contribution in [2.45, 2.75) is 39.7 Å². The van der Waals surface area contributed by atoms with Gasteiger partial charge in [-0.2, -0.15) is 0 Å². The molecule has 112 valence electrons. The Morgan fingerprint density at radius 3 is 2.29 bits per heavy atom. The van der Waals surface area contributed by atoms with Crippen LogP contribution in [0.15, 0.2) is 36.4 Å². The highest BCUT2D eigenvalue weighted by molar-refractivity contribution is 6.30. The van der Waals surface area contributed by atoms with Crippen LogP contribution in [-0.4, -0.2) is 7.05 Å². The van der Waals surface area contributed by atoms with E-state index in [2.05, 4.69) is 50.4 Å². The van der Waals surface area contributed by atoms with Crippen LogP contribution in [0.1, 0.15) is 47.7 Å². The quantitative estimate of drug-likeness (QED) is 0.812. The van der Waals surface area contributed by atoms with Crippen LogP contribution in [0.25, 0.3) is 0 Å². The van der Waals surface area contributed by atoms with E-state index in [4.69, 9.17) is 11.6 Å². The first-order chi connectivity index (χ1) is 10.1. The molecule has 0 saturated heterocycles. The third-order valence-electron chi connectivity index (χ3n) is 4.16. The number of hydrogen-bond acceptors (Lipinski definition) is 1. The summed E-state index contributed by atoms with van der Waals surface area (Å²) >= 11 is 6.08. The van der Waals surface area contributed by atoms with E-state index < -0.39 is 0 Å². The molecule has 1 unspecified atom stereocenters. The molecular formula is C19H24ClN. The van der Waals surface area contributed by atoms with Crippen LogP contribution in [0.3, 0.4) is 0 Å². The van der Waals surface area contributed by atoms with Crippen molar-refractivity contribution >= 4 is 11.6 Å². The molecular weight excluding hydrogens is 278 g/mol. The van der Waals surface area contributed by atoms with Crippen LogP contribution >= 0.6 is 11.6 Å². The van der Waals surface area contributed by atoms with Gasteiger partial charge in [0.05, 0.1) is 6.04 Å². The predicted octanol–water partition coefficient (Wildman–Crippen LogP) is 5.08. The summed E-state index contributed by atoms with van der Waals surface area (Å²) < 4.78 is 0. The molecule has 0 amide bonds. The highest BCUT2D eigenvalue weighted by Gasteiger charge is 2.15. The van der Waals surface area contributed by atoms with Crippen molar-refractivity contribution in [1.29, 1.82) is 0 Å². The normalized spacial score (nSPS) is 12.4. The Hall–Kier alpha value is -1.31. The maximum atomic E-state index is 6.08. The molecule has 0 spiro atoms. The Morgan fingerprint density at radius 1 is 1.00 bits per heavy atom. The minimum Gasteiger partial charge on any atom is -0.309 e. The number of halogens is 1. The molecule has 2 aromatic rings. The van der Waals surface area contributed by atoms with Gasteiger partial charge in [-0.1, -0.05) is 49.7 Å². The van der Waals surface area contributed by atoms with Crippen molar-refractivity contribution in [1.82, 2.24) is 5.32 Å². The molecule has 0 saturated carbocycles. The lowest BCUT2D eigenvalue weighted by Gasteiger charge is -2.21. The molecule has 1 nitrogen and oxygen atoms in total. The lowest BCUT2D eigenvalue weighted by Crippen LogP contribution is -2.19. The Balaban J connectivity index is 2.46. The average Bonchev–Trinajstić information content (AvgIpc) is 2.49. The summed E-state index contributed by atoms with van der Waals surface area (Å²) in [6, 6.07) is 13.2. The Morgan fingerprint density at radius 2 is 1.71 bits per heavy atom. The molecule has 2 rings (SSSR count). The third-order valence-corrected chi connectivity index (χ3v) is 4.39. The molecule has 0 aliphatic rings. The molecule has 1 N–H and O–H groups in total. The summed E-state index contributed by atoms with van der Waals surface area (Å²) in [5, 5.41) is 4.23. The maximum absolute atomic E-state index is 6.08. The Labute approximate surface area is 133 Å². The van der Waals surface area contributed by atoms with Crippen LogP contribution in [0.2, 0.25) is 5.02 Å². The molecule has 0 bridgehead atoms. The van der Waals surface area contributed by atoms with Gasteiger partial charge in [-0.25, -0.2) is 0 Å². The molecule has 21 heavy (non-hydrogen) atoms. The van der Waals surface area contributed by atoms with E-state index in [1.54, 1.807) is 0 Å². The minimum absolute atomic E-state index is 0.207.